The van der Waals surface area contributed by atoms with Crippen molar-refractivity contribution in [3.63, 3.8) is 0 Å². The number of methoxy groups -OCH3 is 1. The lowest BCUT2D eigenvalue weighted by Gasteiger charge is -2.32. The molecule has 0 unspecified atom stereocenters. The van der Waals surface area contributed by atoms with Gasteiger partial charge in [-0.2, -0.15) is 0 Å². The third-order valence-corrected chi connectivity index (χ3v) is 5.78. The van der Waals surface area contributed by atoms with Gasteiger partial charge in [0.25, 0.3) is 11.1 Å². The topological polar surface area (TPSA) is 115 Å². The molecule has 1 fully saturated rings. The summed E-state index contributed by atoms with van der Waals surface area (Å²) < 4.78 is 8.35. The standard InChI is InChI=1S/C21H26N6O4/c1-14-22-12-17-21(30)23-15(13-26(14)17)4-3-5-19(28)25-10-8-16(9-11-25)27-20(29)7-6-18(24-27)31-2/h6-7,12-13,16H,3-5,8-11H2,1-2H3,(H,23,30). The van der Waals surface area contributed by atoms with Crippen LogP contribution in [0.2, 0.25) is 0 Å². The summed E-state index contributed by atoms with van der Waals surface area (Å²) in [5, 5.41) is 4.24. The number of H-pyrrole nitrogens is 1. The number of carbonyl (C=O) groups is 1. The number of aromatic amines is 1. The molecule has 1 aliphatic rings. The lowest BCUT2D eigenvalue weighted by Crippen LogP contribution is -2.41. The number of fused-ring (bicyclic) bond motifs is 1. The second-order valence-corrected chi connectivity index (χ2v) is 7.79. The molecule has 4 heterocycles. The van der Waals surface area contributed by atoms with Crippen molar-refractivity contribution in [2.45, 2.75) is 45.1 Å². The Morgan fingerprint density at radius 1 is 1.26 bits per heavy atom. The number of likely N-dealkylation sites (tertiary alicyclic amines) is 1. The van der Waals surface area contributed by atoms with Crippen LogP contribution in [-0.4, -0.2) is 55.2 Å². The minimum atomic E-state index is -0.173. The molecular formula is C21H26N6O4. The monoisotopic (exact) mass is 426 g/mol. The average molecular weight is 426 g/mol. The first-order valence-electron chi connectivity index (χ1n) is 10.4. The van der Waals surface area contributed by atoms with Gasteiger partial charge in [-0.05, 0) is 32.6 Å². The zero-order chi connectivity index (χ0) is 22.0. The molecule has 31 heavy (non-hydrogen) atoms. The van der Waals surface area contributed by atoms with E-state index in [1.165, 1.54) is 17.9 Å². The average Bonchev–Trinajstić information content (AvgIpc) is 3.15. The predicted octanol–water partition coefficient (Wildman–Crippen LogP) is 1.08. The molecule has 1 aliphatic heterocycles. The highest BCUT2D eigenvalue weighted by Crippen LogP contribution is 2.22. The SMILES string of the molecule is COc1ccc(=O)n(C2CCN(C(=O)CCCc3cn4c(C)ncc4c(=O)[nH]3)CC2)n1. The van der Waals surface area contributed by atoms with Crippen LogP contribution in [0.25, 0.3) is 5.52 Å². The van der Waals surface area contributed by atoms with Gasteiger partial charge in [-0.3, -0.25) is 18.8 Å². The maximum absolute atomic E-state index is 12.6. The van der Waals surface area contributed by atoms with Crippen LogP contribution < -0.4 is 15.9 Å². The van der Waals surface area contributed by atoms with Crippen molar-refractivity contribution in [2.75, 3.05) is 20.2 Å². The van der Waals surface area contributed by atoms with Gasteiger partial charge in [0.1, 0.15) is 11.3 Å². The van der Waals surface area contributed by atoms with E-state index in [-0.39, 0.29) is 23.1 Å². The molecule has 0 atom stereocenters. The highest BCUT2D eigenvalue weighted by atomic mass is 16.5. The Kier molecular flexibility index (Phi) is 5.88. The van der Waals surface area contributed by atoms with Gasteiger partial charge in [-0.1, -0.05) is 0 Å². The van der Waals surface area contributed by atoms with E-state index in [4.69, 9.17) is 4.74 Å². The van der Waals surface area contributed by atoms with E-state index in [1.54, 1.807) is 16.7 Å². The molecule has 1 amide bonds. The van der Waals surface area contributed by atoms with E-state index in [9.17, 15) is 14.4 Å². The zero-order valence-corrected chi connectivity index (χ0v) is 17.7. The van der Waals surface area contributed by atoms with Crippen molar-refractivity contribution >= 4 is 11.4 Å². The van der Waals surface area contributed by atoms with Crippen LogP contribution in [0.4, 0.5) is 0 Å². The first-order valence-corrected chi connectivity index (χ1v) is 10.4. The van der Waals surface area contributed by atoms with Gasteiger partial charge in [0.05, 0.1) is 19.3 Å². The number of aromatic nitrogens is 5. The number of nitrogens with one attached hydrogen (secondary N) is 1. The highest BCUT2D eigenvalue weighted by molar-refractivity contribution is 5.76. The Bertz CT molecular complexity index is 1200. The largest absolute Gasteiger partial charge is 0.480 e. The number of imidazole rings is 1. The minimum Gasteiger partial charge on any atom is -0.480 e. The summed E-state index contributed by atoms with van der Waals surface area (Å²) in [7, 11) is 1.52. The van der Waals surface area contributed by atoms with Crippen molar-refractivity contribution < 1.29 is 9.53 Å². The van der Waals surface area contributed by atoms with Gasteiger partial charge in [-0.15, -0.1) is 5.10 Å². The van der Waals surface area contributed by atoms with E-state index in [2.05, 4.69) is 15.1 Å². The van der Waals surface area contributed by atoms with Crippen molar-refractivity contribution in [1.29, 1.82) is 0 Å². The van der Waals surface area contributed by atoms with Crippen LogP contribution >= 0.6 is 0 Å². The molecule has 1 N–H and O–H groups in total. The molecule has 0 spiro atoms. The van der Waals surface area contributed by atoms with Crippen LogP contribution in [0, 0.1) is 6.92 Å². The minimum absolute atomic E-state index is 0.0399. The smallest absolute Gasteiger partial charge is 0.274 e. The molecule has 10 nitrogen and oxygen atoms in total. The molecule has 10 heteroatoms. The summed E-state index contributed by atoms with van der Waals surface area (Å²) in [6.45, 7) is 3.02. The van der Waals surface area contributed by atoms with E-state index < -0.39 is 0 Å². The van der Waals surface area contributed by atoms with Crippen LogP contribution in [0.3, 0.4) is 0 Å². The fourth-order valence-electron chi connectivity index (χ4n) is 4.04. The number of aryl methyl sites for hydroxylation is 2. The van der Waals surface area contributed by atoms with Crippen molar-refractivity contribution in [2.24, 2.45) is 0 Å². The summed E-state index contributed by atoms with van der Waals surface area (Å²) in [6, 6.07) is 2.97. The number of amides is 1. The Labute approximate surface area is 178 Å². The predicted molar refractivity (Wildman–Crippen MR) is 113 cm³/mol. The third-order valence-electron chi connectivity index (χ3n) is 5.78. The second-order valence-electron chi connectivity index (χ2n) is 7.79. The molecule has 3 aromatic heterocycles. The summed E-state index contributed by atoms with van der Waals surface area (Å²) in [4.78, 5) is 45.8. The molecule has 164 valence electrons. The molecule has 0 aromatic carbocycles. The molecule has 4 rings (SSSR count). The van der Waals surface area contributed by atoms with E-state index >= 15 is 0 Å². The van der Waals surface area contributed by atoms with Crippen molar-refractivity contribution in [3.05, 3.63) is 56.8 Å². The Balaban J connectivity index is 1.30. The number of piperidine rings is 1. The van der Waals surface area contributed by atoms with Crippen LogP contribution in [0.15, 0.2) is 34.1 Å². The Hall–Kier alpha value is -3.43. The van der Waals surface area contributed by atoms with E-state index in [0.29, 0.717) is 56.6 Å². The molecule has 1 saturated heterocycles. The molecule has 0 bridgehead atoms. The number of ether oxygens (including phenoxy) is 1. The van der Waals surface area contributed by atoms with Crippen LogP contribution in [0.5, 0.6) is 5.88 Å². The van der Waals surface area contributed by atoms with Crippen LogP contribution in [-0.2, 0) is 11.2 Å². The fourth-order valence-corrected chi connectivity index (χ4v) is 4.04. The molecule has 3 aromatic rings. The maximum atomic E-state index is 12.6. The van der Waals surface area contributed by atoms with Gasteiger partial charge < -0.3 is 14.6 Å². The number of hydrogen-bond acceptors (Lipinski definition) is 6. The summed E-state index contributed by atoms with van der Waals surface area (Å²) in [5.74, 6) is 1.25. The Morgan fingerprint density at radius 3 is 2.77 bits per heavy atom. The van der Waals surface area contributed by atoms with Crippen LogP contribution in [0.1, 0.15) is 43.2 Å². The lowest BCUT2D eigenvalue weighted by atomic mass is 10.0. The molecular weight excluding hydrogens is 400 g/mol. The number of hydrogen-bond donors (Lipinski definition) is 1. The first-order chi connectivity index (χ1) is 15.0. The summed E-state index contributed by atoms with van der Waals surface area (Å²) in [6.07, 6.45) is 6.43. The number of rotatable bonds is 6. The van der Waals surface area contributed by atoms with Gasteiger partial charge in [0, 0.05) is 43.5 Å². The normalized spacial score (nSPS) is 14.8. The van der Waals surface area contributed by atoms with Gasteiger partial charge in [0.2, 0.25) is 11.8 Å². The molecule has 0 aliphatic carbocycles. The lowest BCUT2D eigenvalue weighted by molar-refractivity contribution is -0.132. The highest BCUT2D eigenvalue weighted by Gasteiger charge is 2.25. The summed E-state index contributed by atoms with van der Waals surface area (Å²) in [5.41, 5.74) is 0.968. The van der Waals surface area contributed by atoms with Gasteiger partial charge in [-0.25, -0.2) is 9.67 Å². The van der Waals surface area contributed by atoms with Crippen molar-refractivity contribution in [1.82, 2.24) is 29.0 Å². The number of nitrogens with zero attached hydrogens (tertiary/aromatic N) is 5. The fraction of sp³-hybridized carbons (Fsp3) is 0.476. The Morgan fingerprint density at radius 2 is 2.03 bits per heavy atom. The quantitative estimate of drug-likeness (QED) is 0.631. The first kappa shape index (κ1) is 20.8. The number of carbonyl (C=O) groups excluding carboxylic acids is 1. The zero-order valence-electron chi connectivity index (χ0n) is 17.7. The van der Waals surface area contributed by atoms with Gasteiger partial charge in [0.15, 0.2) is 0 Å². The van der Waals surface area contributed by atoms with E-state index in [1.807, 2.05) is 18.0 Å². The maximum Gasteiger partial charge on any atom is 0.274 e. The van der Waals surface area contributed by atoms with Crippen molar-refractivity contribution in [3.8, 4) is 5.88 Å². The van der Waals surface area contributed by atoms with Gasteiger partial charge >= 0.3 is 0 Å². The molecule has 0 saturated carbocycles. The van der Waals surface area contributed by atoms with E-state index in [0.717, 1.165) is 11.5 Å². The molecule has 0 radical (unpaired) electrons. The second kappa shape index (κ2) is 8.75. The third kappa shape index (κ3) is 4.37. The summed E-state index contributed by atoms with van der Waals surface area (Å²) >= 11 is 0.